The van der Waals surface area contributed by atoms with Crippen LogP contribution in [0.3, 0.4) is 0 Å². The zero-order chi connectivity index (χ0) is 15.8. The first-order valence-electron chi connectivity index (χ1n) is 7.17. The Hall–Kier alpha value is -2.07. The van der Waals surface area contributed by atoms with Crippen LogP contribution in [0.2, 0.25) is 5.02 Å². The first kappa shape index (κ1) is 16.3. The monoisotopic (exact) mass is 318 g/mol. The third kappa shape index (κ3) is 5.37. The predicted molar refractivity (Wildman–Crippen MR) is 87.1 cm³/mol. The number of carbonyl (C=O) groups is 1. The number of aromatic nitrogens is 1. The molecule has 5 heteroatoms. The van der Waals surface area contributed by atoms with Gasteiger partial charge in [-0.1, -0.05) is 29.8 Å². The Kier molecular flexibility index (Phi) is 6.22. The molecule has 2 rings (SSSR count). The van der Waals surface area contributed by atoms with Gasteiger partial charge in [-0.25, -0.2) is 4.79 Å². The molecule has 22 heavy (non-hydrogen) atoms. The number of hydrogen-bond acceptors (Lipinski definition) is 3. The Morgan fingerprint density at radius 2 is 1.95 bits per heavy atom. The average Bonchev–Trinajstić information content (AvgIpc) is 2.55. The summed E-state index contributed by atoms with van der Waals surface area (Å²) in [5.41, 5.74) is 2.05. The van der Waals surface area contributed by atoms with Crippen LogP contribution in [0, 0.1) is 0 Å². The SMILES string of the molecule is CN(CCc1ccccn1)C(=O)OCCc1ccc(Cl)cc1. The quantitative estimate of drug-likeness (QED) is 0.817. The topological polar surface area (TPSA) is 42.4 Å². The van der Waals surface area contributed by atoms with Crippen LogP contribution >= 0.6 is 11.6 Å². The summed E-state index contributed by atoms with van der Waals surface area (Å²) in [6, 6.07) is 13.3. The molecule has 0 unspecified atom stereocenters. The normalized spacial score (nSPS) is 10.3. The van der Waals surface area contributed by atoms with Gasteiger partial charge in [0.15, 0.2) is 0 Å². The lowest BCUT2D eigenvalue weighted by Gasteiger charge is -2.16. The summed E-state index contributed by atoms with van der Waals surface area (Å²) in [6.45, 7) is 0.936. The van der Waals surface area contributed by atoms with Crippen molar-refractivity contribution in [1.29, 1.82) is 0 Å². The van der Waals surface area contributed by atoms with E-state index in [1.54, 1.807) is 18.1 Å². The highest BCUT2D eigenvalue weighted by Gasteiger charge is 2.10. The maximum Gasteiger partial charge on any atom is 0.409 e. The Bertz CT molecular complexity index is 587. The van der Waals surface area contributed by atoms with Crippen molar-refractivity contribution in [3.05, 3.63) is 64.9 Å². The summed E-state index contributed by atoms with van der Waals surface area (Å²) >= 11 is 5.83. The highest BCUT2D eigenvalue weighted by Crippen LogP contribution is 2.10. The first-order chi connectivity index (χ1) is 10.6. The van der Waals surface area contributed by atoms with E-state index in [9.17, 15) is 4.79 Å². The number of ether oxygens (including phenoxy) is 1. The van der Waals surface area contributed by atoms with E-state index in [4.69, 9.17) is 16.3 Å². The molecule has 0 saturated heterocycles. The molecular weight excluding hydrogens is 300 g/mol. The Labute approximate surface area is 135 Å². The molecule has 0 aliphatic heterocycles. The molecule has 0 fully saturated rings. The molecule has 0 atom stereocenters. The van der Waals surface area contributed by atoms with Crippen molar-refractivity contribution >= 4 is 17.7 Å². The van der Waals surface area contributed by atoms with Crippen molar-refractivity contribution in [3.63, 3.8) is 0 Å². The van der Waals surface area contributed by atoms with E-state index in [-0.39, 0.29) is 6.09 Å². The number of nitrogens with zero attached hydrogens (tertiary/aromatic N) is 2. The van der Waals surface area contributed by atoms with E-state index in [1.165, 1.54) is 0 Å². The summed E-state index contributed by atoms with van der Waals surface area (Å²) in [5, 5.41) is 0.704. The van der Waals surface area contributed by atoms with E-state index >= 15 is 0 Å². The molecule has 0 bridgehead atoms. The minimum atomic E-state index is -0.315. The van der Waals surface area contributed by atoms with Crippen LogP contribution < -0.4 is 0 Å². The fourth-order valence-corrected chi connectivity index (χ4v) is 2.06. The Morgan fingerprint density at radius 3 is 2.64 bits per heavy atom. The summed E-state index contributed by atoms with van der Waals surface area (Å²) in [7, 11) is 1.73. The number of halogens is 1. The second-order valence-corrected chi connectivity index (χ2v) is 5.42. The van der Waals surface area contributed by atoms with E-state index < -0.39 is 0 Å². The van der Waals surface area contributed by atoms with Crippen LogP contribution in [0.25, 0.3) is 0 Å². The summed E-state index contributed by atoms with van der Waals surface area (Å²) in [6.07, 6.45) is 2.82. The van der Waals surface area contributed by atoms with Crippen molar-refractivity contribution in [2.45, 2.75) is 12.8 Å². The molecule has 0 N–H and O–H groups in total. The summed E-state index contributed by atoms with van der Waals surface area (Å²) in [5.74, 6) is 0. The molecule has 116 valence electrons. The molecule has 0 saturated carbocycles. The maximum atomic E-state index is 11.9. The van der Waals surface area contributed by atoms with Crippen molar-refractivity contribution in [3.8, 4) is 0 Å². The van der Waals surface area contributed by atoms with E-state index in [1.807, 2.05) is 42.5 Å². The zero-order valence-corrected chi connectivity index (χ0v) is 13.3. The molecule has 1 aromatic carbocycles. The standard InChI is InChI=1S/C17H19ClN2O2/c1-20(12-9-16-4-2-3-11-19-16)17(21)22-13-10-14-5-7-15(18)8-6-14/h2-8,11H,9-10,12-13H2,1H3. The van der Waals surface area contributed by atoms with Crippen molar-refractivity contribution in [2.75, 3.05) is 20.2 Å². The van der Waals surface area contributed by atoms with Crippen LogP contribution in [-0.4, -0.2) is 36.2 Å². The fourth-order valence-electron chi connectivity index (χ4n) is 1.94. The van der Waals surface area contributed by atoms with Crippen molar-refractivity contribution in [2.24, 2.45) is 0 Å². The summed E-state index contributed by atoms with van der Waals surface area (Å²) in [4.78, 5) is 17.7. The van der Waals surface area contributed by atoms with Crippen molar-refractivity contribution < 1.29 is 9.53 Å². The molecule has 0 aliphatic rings. The number of amides is 1. The van der Waals surface area contributed by atoms with Gasteiger partial charge in [0.05, 0.1) is 6.61 Å². The molecule has 0 aliphatic carbocycles. The van der Waals surface area contributed by atoms with Gasteiger partial charge >= 0.3 is 6.09 Å². The van der Waals surface area contributed by atoms with Crippen LogP contribution in [-0.2, 0) is 17.6 Å². The van der Waals surface area contributed by atoms with Gasteiger partial charge in [0.25, 0.3) is 0 Å². The van der Waals surface area contributed by atoms with Gasteiger partial charge < -0.3 is 9.64 Å². The lowest BCUT2D eigenvalue weighted by Crippen LogP contribution is -2.30. The van der Waals surface area contributed by atoms with Gasteiger partial charge in [-0.2, -0.15) is 0 Å². The van der Waals surface area contributed by atoms with Crippen LogP contribution in [0.5, 0.6) is 0 Å². The average molecular weight is 319 g/mol. The second-order valence-electron chi connectivity index (χ2n) is 4.98. The van der Waals surface area contributed by atoms with Gasteiger partial charge in [0.2, 0.25) is 0 Å². The number of pyridine rings is 1. The van der Waals surface area contributed by atoms with Crippen LogP contribution in [0.1, 0.15) is 11.3 Å². The minimum absolute atomic E-state index is 0.315. The first-order valence-corrected chi connectivity index (χ1v) is 7.55. The number of carbonyl (C=O) groups excluding carboxylic acids is 1. The van der Waals surface area contributed by atoms with E-state index in [2.05, 4.69) is 4.98 Å². The molecule has 1 aromatic heterocycles. The Balaban J connectivity index is 1.69. The lowest BCUT2D eigenvalue weighted by molar-refractivity contribution is 0.112. The second kappa shape index (κ2) is 8.39. The molecular formula is C17H19ClN2O2. The highest BCUT2D eigenvalue weighted by atomic mass is 35.5. The molecule has 1 amide bonds. The molecule has 2 aromatic rings. The van der Waals surface area contributed by atoms with Gasteiger partial charge in [0, 0.05) is 43.3 Å². The minimum Gasteiger partial charge on any atom is -0.449 e. The van der Waals surface area contributed by atoms with Gasteiger partial charge in [-0.15, -0.1) is 0 Å². The predicted octanol–water partition coefficient (Wildman–Crippen LogP) is 3.59. The molecule has 0 radical (unpaired) electrons. The smallest absolute Gasteiger partial charge is 0.409 e. The lowest BCUT2D eigenvalue weighted by atomic mass is 10.2. The maximum absolute atomic E-state index is 11.9. The van der Waals surface area contributed by atoms with E-state index in [0.717, 1.165) is 11.3 Å². The zero-order valence-electron chi connectivity index (χ0n) is 12.5. The third-order valence-electron chi connectivity index (χ3n) is 3.27. The summed E-state index contributed by atoms with van der Waals surface area (Å²) < 4.78 is 5.26. The molecule has 0 spiro atoms. The molecule has 1 heterocycles. The number of hydrogen-bond donors (Lipinski definition) is 0. The highest BCUT2D eigenvalue weighted by molar-refractivity contribution is 6.30. The fraction of sp³-hybridized carbons (Fsp3) is 0.294. The largest absolute Gasteiger partial charge is 0.449 e. The van der Waals surface area contributed by atoms with E-state index in [0.29, 0.717) is 31.0 Å². The number of rotatable bonds is 6. The Morgan fingerprint density at radius 1 is 1.18 bits per heavy atom. The van der Waals surface area contributed by atoms with Gasteiger partial charge in [0.1, 0.15) is 0 Å². The van der Waals surface area contributed by atoms with Crippen molar-refractivity contribution in [1.82, 2.24) is 9.88 Å². The van der Waals surface area contributed by atoms with Gasteiger partial charge in [-0.05, 0) is 29.8 Å². The van der Waals surface area contributed by atoms with Crippen LogP contribution in [0.15, 0.2) is 48.7 Å². The van der Waals surface area contributed by atoms with Gasteiger partial charge in [-0.3, -0.25) is 4.98 Å². The number of likely N-dealkylation sites (N-methyl/N-ethyl adjacent to an activating group) is 1. The van der Waals surface area contributed by atoms with Crippen LogP contribution in [0.4, 0.5) is 4.79 Å². The third-order valence-corrected chi connectivity index (χ3v) is 3.52. The number of benzene rings is 1. The molecule has 4 nitrogen and oxygen atoms in total.